The molecule has 10 atom stereocenters. The number of benzene rings is 4. The van der Waals surface area contributed by atoms with Gasteiger partial charge in [-0.15, -0.1) is 0 Å². The molecule has 6 fully saturated rings. The van der Waals surface area contributed by atoms with E-state index in [-0.39, 0.29) is 0 Å². The Morgan fingerprint density at radius 1 is 0.500 bits per heavy atom. The van der Waals surface area contributed by atoms with Crippen LogP contribution in [0.1, 0.15) is 44.6 Å². The molecule has 0 aliphatic heterocycles. The molecule has 6 saturated carbocycles. The molecule has 4 aromatic carbocycles. The molecule has 0 radical (unpaired) electrons. The summed E-state index contributed by atoms with van der Waals surface area (Å²) in [5.74, 6) is 10.2. The SMILES string of the molecule is CC1(c2ccc(-c3ccc(-c4nc(-c5ccccc5)nc(-c5ccccc5)n4)cc3)cc2)C2CC3C4CC5CC6C1C3C6(C5)C4C2. The molecule has 1 aromatic heterocycles. The molecule has 6 aliphatic carbocycles. The number of fused-ring (bicyclic) bond motifs is 3. The lowest BCUT2D eigenvalue weighted by atomic mass is 9.38. The molecule has 3 heteroatoms. The van der Waals surface area contributed by atoms with Crippen LogP contribution in [0.2, 0.25) is 0 Å². The quantitative estimate of drug-likeness (QED) is 0.202. The minimum Gasteiger partial charge on any atom is -0.208 e. The Kier molecular flexibility index (Phi) is 5.11. The van der Waals surface area contributed by atoms with Crippen LogP contribution in [0.5, 0.6) is 0 Å². The second-order valence-corrected chi connectivity index (χ2v) is 15.9. The van der Waals surface area contributed by atoms with E-state index in [0.717, 1.165) is 69.4 Å². The summed E-state index contributed by atoms with van der Waals surface area (Å²) in [6, 6.07) is 39.0. The Morgan fingerprint density at radius 2 is 1.04 bits per heavy atom. The number of nitrogens with zero attached hydrogens (tertiary/aromatic N) is 3. The van der Waals surface area contributed by atoms with E-state index in [4.69, 9.17) is 15.0 Å². The Labute approximate surface area is 271 Å². The lowest BCUT2D eigenvalue weighted by Crippen LogP contribution is -2.63. The van der Waals surface area contributed by atoms with E-state index in [1.54, 1.807) is 24.8 Å². The molecule has 226 valence electrons. The van der Waals surface area contributed by atoms with E-state index in [1.165, 1.54) is 24.0 Å². The number of hydrogen-bond acceptors (Lipinski definition) is 3. The molecule has 0 saturated heterocycles. The molecular weight excluding hydrogens is 558 g/mol. The van der Waals surface area contributed by atoms with Crippen LogP contribution in [0, 0.1) is 52.8 Å². The smallest absolute Gasteiger partial charge is 0.164 e. The van der Waals surface area contributed by atoms with Crippen molar-refractivity contribution in [3.05, 3.63) is 115 Å². The zero-order chi connectivity index (χ0) is 30.2. The van der Waals surface area contributed by atoms with Gasteiger partial charge in [0.1, 0.15) is 0 Å². The van der Waals surface area contributed by atoms with E-state index < -0.39 is 0 Å². The van der Waals surface area contributed by atoms with Gasteiger partial charge in [0.2, 0.25) is 0 Å². The van der Waals surface area contributed by atoms with Gasteiger partial charge in [0.25, 0.3) is 0 Å². The first-order valence-corrected chi connectivity index (χ1v) is 17.7. The molecule has 6 bridgehead atoms. The monoisotopic (exact) mass is 597 g/mol. The summed E-state index contributed by atoms with van der Waals surface area (Å²) >= 11 is 0. The summed E-state index contributed by atoms with van der Waals surface area (Å²) in [6.07, 6.45) is 7.77. The van der Waals surface area contributed by atoms with Crippen molar-refractivity contribution in [1.82, 2.24) is 15.0 Å². The molecular formula is C43H39N3. The minimum absolute atomic E-state index is 0.356. The summed E-state index contributed by atoms with van der Waals surface area (Å²) in [5, 5.41) is 0. The van der Waals surface area contributed by atoms with Crippen LogP contribution in [0.3, 0.4) is 0 Å². The Hall–Kier alpha value is -4.11. The van der Waals surface area contributed by atoms with Gasteiger partial charge in [-0.3, -0.25) is 0 Å². The van der Waals surface area contributed by atoms with Crippen molar-refractivity contribution in [2.75, 3.05) is 0 Å². The van der Waals surface area contributed by atoms with Crippen molar-refractivity contribution in [2.24, 2.45) is 52.8 Å². The molecule has 0 amide bonds. The Balaban J connectivity index is 0.911. The van der Waals surface area contributed by atoms with Gasteiger partial charge in [0.15, 0.2) is 17.5 Å². The van der Waals surface area contributed by atoms with Crippen LogP contribution in [0.15, 0.2) is 109 Å². The van der Waals surface area contributed by atoms with Crippen molar-refractivity contribution >= 4 is 0 Å². The third-order valence-corrected chi connectivity index (χ3v) is 14.5. The molecule has 11 rings (SSSR count). The average Bonchev–Trinajstić information content (AvgIpc) is 3.27. The van der Waals surface area contributed by atoms with Gasteiger partial charge >= 0.3 is 0 Å². The summed E-state index contributed by atoms with van der Waals surface area (Å²) < 4.78 is 0. The maximum Gasteiger partial charge on any atom is 0.164 e. The first-order valence-electron chi connectivity index (χ1n) is 17.7. The first-order chi connectivity index (χ1) is 22.6. The lowest BCUT2D eigenvalue weighted by Gasteiger charge is -2.66. The van der Waals surface area contributed by atoms with Crippen LogP contribution in [0.25, 0.3) is 45.3 Å². The van der Waals surface area contributed by atoms with Crippen molar-refractivity contribution in [1.29, 1.82) is 0 Å². The number of aromatic nitrogens is 3. The topological polar surface area (TPSA) is 38.7 Å². The highest BCUT2D eigenvalue weighted by atomic mass is 15.0. The maximum atomic E-state index is 4.93. The fourth-order valence-electron chi connectivity index (χ4n) is 13.0. The molecule has 46 heavy (non-hydrogen) atoms. The van der Waals surface area contributed by atoms with Crippen LogP contribution < -0.4 is 0 Å². The van der Waals surface area contributed by atoms with E-state index in [1.807, 2.05) is 36.4 Å². The third-order valence-electron chi connectivity index (χ3n) is 14.5. The predicted molar refractivity (Wildman–Crippen MR) is 182 cm³/mol. The van der Waals surface area contributed by atoms with E-state index in [2.05, 4.69) is 79.7 Å². The summed E-state index contributed by atoms with van der Waals surface area (Å²) in [6.45, 7) is 2.69. The van der Waals surface area contributed by atoms with Gasteiger partial charge in [0, 0.05) is 16.7 Å². The van der Waals surface area contributed by atoms with E-state index >= 15 is 0 Å². The normalized spacial score (nSPS) is 37.0. The summed E-state index contributed by atoms with van der Waals surface area (Å²) in [7, 11) is 0. The largest absolute Gasteiger partial charge is 0.208 e. The fraction of sp³-hybridized carbons (Fsp3) is 0.372. The zero-order valence-electron chi connectivity index (χ0n) is 26.4. The first kappa shape index (κ1) is 26.0. The Morgan fingerprint density at radius 3 is 1.65 bits per heavy atom. The van der Waals surface area contributed by atoms with Gasteiger partial charge < -0.3 is 0 Å². The molecule has 0 N–H and O–H groups in total. The maximum absolute atomic E-state index is 4.93. The fourth-order valence-corrected chi connectivity index (χ4v) is 13.0. The third kappa shape index (κ3) is 3.22. The highest BCUT2D eigenvalue weighted by Gasteiger charge is 2.84. The second kappa shape index (κ2) is 9.03. The molecule has 5 aromatic rings. The van der Waals surface area contributed by atoms with E-state index in [9.17, 15) is 0 Å². The van der Waals surface area contributed by atoms with Gasteiger partial charge in [-0.25, -0.2) is 15.0 Å². The van der Waals surface area contributed by atoms with Crippen molar-refractivity contribution in [3.63, 3.8) is 0 Å². The average molecular weight is 598 g/mol. The Bertz CT molecular complexity index is 1930. The lowest BCUT2D eigenvalue weighted by molar-refractivity contribution is -0.158. The number of rotatable bonds is 5. The molecule has 1 spiro atoms. The zero-order valence-corrected chi connectivity index (χ0v) is 26.4. The standard InChI is InChI=1S/C43H39N3/c1-42(32-22-34-33-20-25-21-36-38(42)37(34)43(36,24-25)35(33)23-32)31-18-16-27(17-19-31)26-12-14-30(15-13-26)41-45-39(28-8-4-2-5-9-28)44-40(46-41)29-10-6-3-7-11-29/h2-19,25,32-38H,20-24H2,1H3. The summed E-state index contributed by atoms with van der Waals surface area (Å²) in [4.78, 5) is 14.7. The molecule has 10 unspecified atom stereocenters. The van der Waals surface area contributed by atoms with Crippen LogP contribution in [0.4, 0.5) is 0 Å². The predicted octanol–water partition coefficient (Wildman–Crippen LogP) is 9.75. The van der Waals surface area contributed by atoms with Gasteiger partial charge in [-0.05, 0) is 107 Å². The van der Waals surface area contributed by atoms with Crippen molar-refractivity contribution in [3.8, 4) is 45.3 Å². The molecule has 3 nitrogen and oxygen atoms in total. The molecule has 6 aliphatic rings. The van der Waals surface area contributed by atoms with Gasteiger partial charge in [-0.1, -0.05) is 116 Å². The van der Waals surface area contributed by atoms with Gasteiger partial charge in [-0.2, -0.15) is 0 Å². The van der Waals surface area contributed by atoms with Gasteiger partial charge in [0.05, 0.1) is 0 Å². The van der Waals surface area contributed by atoms with Crippen LogP contribution in [-0.2, 0) is 5.41 Å². The number of hydrogen-bond donors (Lipinski definition) is 0. The van der Waals surface area contributed by atoms with Crippen LogP contribution in [-0.4, -0.2) is 15.0 Å². The minimum atomic E-state index is 0.356. The van der Waals surface area contributed by atoms with Crippen LogP contribution >= 0.6 is 0 Å². The highest BCUT2D eigenvalue weighted by molar-refractivity contribution is 5.70. The highest BCUT2D eigenvalue weighted by Crippen LogP contribution is 2.89. The second-order valence-electron chi connectivity index (χ2n) is 15.9. The molecule has 1 heterocycles. The van der Waals surface area contributed by atoms with Crippen molar-refractivity contribution < 1.29 is 0 Å². The summed E-state index contributed by atoms with van der Waals surface area (Å²) in [5.41, 5.74) is 8.26. The van der Waals surface area contributed by atoms with Crippen molar-refractivity contribution in [2.45, 2.75) is 44.4 Å². The van der Waals surface area contributed by atoms with E-state index in [0.29, 0.717) is 22.9 Å².